The van der Waals surface area contributed by atoms with Crippen molar-refractivity contribution >= 4 is 11.8 Å². The van der Waals surface area contributed by atoms with Gasteiger partial charge < -0.3 is 9.63 Å². The highest BCUT2D eigenvalue weighted by molar-refractivity contribution is 7.98. The largest absolute Gasteiger partial charge is 0.396 e. The molecule has 1 N–H and O–H groups in total. The predicted molar refractivity (Wildman–Crippen MR) is 65.3 cm³/mol. The second-order valence-electron chi connectivity index (χ2n) is 4.51. The Bertz CT molecular complexity index is 302. The van der Waals surface area contributed by atoms with Crippen LogP contribution in [0.4, 0.5) is 0 Å². The van der Waals surface area contributed by atoms with E-state index in [1.54, 1.807) is 11.8 Å². The first kappa shape index (κ1) is 13.5. The molecule has 1 unspecified atom stereocenters. The Morgan fingerprint density at radius 3 is 2.75 bits per heavy atom. The molecule has 0 aliphatic rings. The van der Waals surface area contributed by atoms with Gasteiger partial charge in [-0.1, -0.05) is 25.9 Å². The van der Waals surface area contributed by atoms with Gasteiger partial charge in [0.05, 0.1) is 5.75 Å². The minimum absolute atomic E-state index is 0.232. The Morgan fingerprint density at radius 1 is 1.38 bits per heavy atom. The summed E-state index contributed by atoms with van der Waals surface area (Å²) in [5, 5.41) is 12.8. The molecular weight excluding hydrogens is 224 g/mol. The zero-order valence-corrected chi connectivity index (χ0v) is 11.0. The summed E-state index contributed by atoms with van der Waals surface area (Å²) in [5.41, 5.74) is 0. The van der Waals surface area contributed by atoms with Crippen LogP contribution in [0.25, 0.3) is 0 Å². The maximum atomic E-state index is 8.87. The zero-order valence-electron chi connectivity index (χ0n) is 10.1. The van der Waals surface area contributed by atoms with Crippen molar-refractivity contribution in [3.63, 3.8) is 0 Å². The summed E-state index contributed by atoms with van der Waals surface area (Å²) in [4.78, 5) is 4.31. The fraction of sp³-hybridized carbons (Fsp3) is 0.818. The molecule has 1 rings (SSSR count). The average molecular weight is 244 g/mol. The third-order valence-electron chi connectivity index (χ3n) is 2.04. The maximum Gasteiger partial charge on any atom is 0.236 e. The van der Waals surface area contributed by atoms with Gasteiger partial charge >= 0.3 is 0 Å². The SMILES string of the molecule is CC(C)Cc1noc(CSCC(C)CO)n1. The first-order valence-electron chi connectivity index (χ1n) is 5.61. The molecule has 1 aromatic rings. The predicted octanol–water partition coefficient (Wildman–Crippen LogP) is 2.13. The average Bonchev–Trinajstić information content (AvgIpc) is 2.64. The molecule has 0 spiro atoms. The highest BCUT2D eigenvalue weighted by Gasteiger charge is 2.08. The molecular formula is C11H20N2O2S. The molecule has 0 fully saturated rings. The highest BCUT2D eigenvalue weighted by atomic mass is 32.2. The van der Waals surface area contributed by atoms with E-state index in [-0.39, 0.29) is 6.61 Å². The van der Waals surface area contributed by atoms with E-state index >= 15 is 0 Å². The number of aliphatic hydroxyl groups excluding tert-OH is 1. The third kappa shape index (κ3) is 4.99. The second kappa shape index (κ2) is 6.91. The normalized spacial score (nSPS) is 13.3. The van der Waals surface area contributed by atoms with E-state index in [4.69, 9.17) is 9.63 Å². The Morgan fingerprint density at radius 2 is 2.12 bits per heavy atom. The van der Waals surface area contributed by atoms with Gasteiger partial charge in [-0.3, -0.25) is 0 Å². The van der Waals surface area contributed by atoms with Crippen LogP contribution in [0, 0.1) is 11.8 Å². The molecule has 92 valence electrons. The monoisotopic (exact) mass is 244 g/mol. The van der Waals surface area contributed by atoms with Gasteiger partial charge in [0.1, 0.15) is 0 Å². The van der Waals surface area contributed by atoms with Crippen molar-refractivity contribution in [2.75, 3.05) is 12.4 Å². The van der Waals surface area contributed by atoms with E-state index in [2.05, 4.69) is 24.0 Å². The van der Waals surface area contributed by atoms with E-state index in [0.29, 0.717) is 17.7 Å². The molecule has 1 heterocycles. The molecule has 1 atom stereocenters. The summed E-state index contributed by atoms with van der Waals surface area (Å²) in [6.07, 6.45) is 0.862. The zero-order chi connectivity index (χ0) is 12.0. The highest BCUT2D eigenvalue weighted by Crippen LogP contribution is 2.14. The second-order valence-corrected chi connectivity index (χ2v) is 5.54. The van der Waals surface area contributed by atoms with E-state index in [1.807, 2.05) is 6.92 Å². The van der Waals surface area contributed by atoms with Gasteiger partial charge in [0.25, 0.3) is 0 Å². The van der Waals surface area contributed by atoms with Crippen molar-refractivity contribution in [1.29, 1.82) is 0 Å². The minimum Gasteiger partial charge on any atom is -0.396 e. The minimum atomic E-state index is 0.232. The lowest BCUT2D eigenvalue weighted by molar-refractivity contribution is 0.250. The Balaban J connectivity index is 2.29. The molecule has 0 bridgehead atoms. The van der Waals surface area contributed by atoms with Gasteiger partial charge in [-0.05, 0) is 17.6 Å². The van der Waals surface area contributed by atoms with Crippen molar-refractivity contribution in [2.45, 2.75) is 32.9 Å². The molecule has 0 amide bonds. The molecule has 0 aliphatic carbocycles. The molecule has 1 aromatic heterocycles. The Labute approximate surface area is 101 Å². The summed E-state index contributed by atoms with van der Waals surface area (Å²) >= 11 is 1.71. The quantitative estimate of drug-likeness (QED) is 0.796. The van der Waals surface area contributed by atoms with E-state index in [1.165, 1.54) is 0 Å². The summed E-state index contributed by atoms with van der Waals surface area (Å²) in [6.45, 7) is 6.52. The summed E-state index contributed by atoms with van der Waals surface area (Å²) in [5.74, 6) is 4.00. The van der Waals surface area contributed by atoms with Crippen molar-refractivity contribution < 1.29 is 9.63 Å². The number of aliphatic hydroxyl groups is 1. The van der Waals surface area contributed by atoms with Gasteiger partial charge in [0, 0.05) is 13.0 Å². The number of aromatic nitrogens is 2. The number of thioether (sulfide) groups is 1. The fourth-order valence-corrected chi connectivity index (χ4v) is 2.11. The summed E-state index contributed by atoms with van der Waals surface area (Å²) in [7, 11) is 0. The third-order valence-corrected chi connectivity index (χ3v) is 3.30. The topological polar surface area (TPSA) is 59.2 Å². The smallest absolute Gasteiger partial charge is 0.236 e. The van der Waals surface area contributed by atoms with Crippen molar-refractivity contribution in [3.05, 3.63) is 11.7 Å². The van der Waals surface area contributed by atoms with Crippen molar-refractivity contribution in [2.24, 2.45) is 11.8 Å². The molecule has 0 aromatic carbocycles. The lowest BCUT2D eigenvalue weighted by atomic mass is 10.1. The fourth-order valence-electron chi connectivity index (χ4n) is 1.20. The lowest BCUT2D eigenvalue weighted by Gasteiger charge is -2.04. The van der Waals surface area contributed by atoms with Crippen LogP contribution in [-0.2, 0) is 12.2 Å². The summed E-state index contributed by atoms with van der Waals surface area (Å²) in [6, 6.07) is 0. The van der Waals surface area contributed by atoms with Crippen LogP contribution in [-0.4, -0.2) is 27.6 Å². The maximum absolute atomic E-state index is 8.87. The van der Waals surface area contributed by atoms with Crippen LogP contribution in [0.3, 0.4) is 0 Å². The lowest BCUT2D eigenvalue weighted by Crippen LogP contribution is -2.03. The van der Waals surface area contributed by atoms with Gasteiger partial charge in [-0.2, -0.15) is 16.7 Å². The first-order chi connectivity index (χ1) is 7.61. The van der Waals surface area contributed by atoms with Crippen LogP contribution in [0.1, 0.15) is 32.5 Å². The van der Waals surface area contributed by atoms with E-state index < -0.39 is 0 Å². The van der Waals surface area contributed by atoms with Crippen LogP contribution in [0.15, 0.2) is 4.52 Å². The molecule has 16 heavy (non-hydrogen) atoms. The Kier molecular flexibility index (Phi) is 5.84. The number of hydrogen-bond acceptors (Lipinski definition) is 5. The Hall–Kier alpha value is -0.550. The molecule has 5 heteroatoms. The van der Waals surface area contributed by atoms with E-state index in [9.17, 15) is 0 Å². The van der Waals surface area contributed by atoms with Crippen molar-refractivity contribution in [1.82, 2.24) is 10.1 Å². The van der Waals surface area contributed by atoms with E-state index in [0.717, 1.165) is 23.8 Å². The first-order valence-corrected chi connectivity index (χ1v) is 6.77. The van der Waals surface area contributed by atoms with Gasteiger partial charge in [0.15, 0.2) is 5.82 Å². The number of hydrogen-bond donors (Lipinski definition) is 1. The molecule has 0 radical (unpaired) electrons. The molecule has 0 saturated heterocycles. The van der Waals surface area contributed by atoms with Gasteiger partial charge in [-0.25, -0.2) is 0 Å². The number of nitrogens with zero attached hydrogens (tertiary/aromatic N) is 2. The van der Waals surface area contributed by atoms with Crippen LogP contribution < -0.4 is 0 Å². The summed E-state index contributed by atoms with van der Waals surface area (Å²) < 4.78 is 5.14. The van der Waals surface area contributed by atoms with Crippen LogP contribution >= 0.6 is 11.8 Å². The molecule has 0 aliphatic heterocycles. The molecule has 0 saturated carbocycles. The van der Waals surface area contributed by atoms with Crippen LogP contribution in [0.2, 0.25) is 0 Å². The van der Waals surface area contributed by atoms with Crippen LogP contribution in [0.5, 0.6) is 0 Å². The van der Waals surface area contributed by atoms with Gasteiger partial charge in [-0.15, -0.1) is 0 Å². The number of rotatable bonds is 7. The van der Waals surface area contributed by atoms with Gasteiger partial charge in [0.2, 0.25) is 5.89 Å². The van der Waals surface area contributed by atoms with Crippen molar-refractivity contribution in [3.8, 4) is 0 Å². The molecule has 4 nitrogen and oxygen atoms in total. The standard InChI is InChI=1S/C11H20N2O2S/c1-8(2)4-10-12-11(15-13-10)7-16-6-9(3)5-14/h8-9,14H,4-7H2,1-3H3.